The van der Waals surface area contributed by atoms with Crippen molar-refractivity contribution in [1.82, 2.24) is 4.90 Å². The van der Waals surface area contributed by atoms with Gasteiger partial charge in [-0.05, 0) is 34.1 Å². The van der Waals surface area contributed by atoms with Crippen LogP contribution < -0.4 is 0 Å². The Morgan fingerprint density at radius 3 is 1.91 bits per heavy atom. The highest BCUT2D eigenvalue weighted by molar-refractivity contribution is 7.87. The molecule has 0 aromatic rings. The van der Waals surface area contributed by atoms with Crippen LogP contribution in [0, 0.1) is 0 Å². The van der Waals surface area contributed by atoms with Crippen molar-refractivity contribution in [2.24, 2.45) is 0 Å². The fraction of sp³-hybridized carbons (Fsp3) is 0.765. The monoisotopic (exact) mass is 519 g/mol. The molecule has 8 nitrogen and oxygen atoms in total. The van der Waals surface area contributed by atoms with Crippen LogP contribution >= 0.6 is 0 Å². The van der Waals surface area contributed by atoms with E-state index in [1.165, 1.54) is 20.8 Å². The van der Waals surface area contributed by atoms with Gasteiger partial charge in [0.25, 0.3) is 0 Å². The number of ether oxygens (including phenoxy) is 2. The number of esters is 1. The summed E-state index contributed by atoms with van der Waals surface area (Å²) in [6, 6.07) is -0.867. The number of likely N-dealkylation sites (N-methyl/N-ethyl adjacent to an activating group) is 1. The normalized spacial score (nSPS) is 15.2. The fourth-order valence-electron chi connectivity index (χ4n) is 2.39. The molecule has 194 valence electrons. The predicted octanol–water partition coefficient (Wildman–Crippen LogP) is 3.53. The van der Waals surface area contributed by atoms with Crippen LogP contribution in [-0.4, -0.2) is 72.1 Å². The maximum Gasteiger partial charge on any atom is 0.466 e. The number of amides is 1. The zero-order valence-electron chi connectivity index (χ0n) is 18.0. The summed E-state index contributed by atoms with van der Waals surface area (Å²) >= 11 is 0. The molecule has 0 fully saturated rings. The van der Waals surface area contributed by atoms with E-state index < -0.39 is 76.2 Å². The Balaban J connectivity index is 6.06. The van der Waals surface area contributed by atoms with Gasteiger partial charge in [0.15, 0.2) is 0 Å². The number of hydrogen-bond acceptors (Lipinski definition) is 6. The summed E-state index contributed by atoms with van der Waals surface area (Å²) in [6.45, 7) is 6.14. The second kappa shape index (κ2) is 10.5. The Morgan fingerprint density at radius 2 is 1.58 bits per heavy atom. The molecule has 0 radical (unpaired) electrons. The van der Waals surface area contributed by atoms with E-state index in [9.17, 15) is 48.7 Å². The number of halogens is 7. The van der Waals surface area contributed by atoms with Crippen molar-refractivity contribution >= 4 is 22.0 Å². The lowest BCUT2D eigenvalue weighted by atomic mass is 10.1. The van der Waals surface area contributed by atoms with E-state index in [1.807, 2.05) is 0 Å². The summed E-state index contributed by atoms with van der Waals surface area (Å²) < 4.78 is 133. The maximum absolute atomic E-state index is 14.0. The number of hydrogen-bond donors (Lipinski definition) is 1. The van der Waals surface area contributed by atoms with Crippen molar-refractivity contribution in [3.63, 3.8) is 0 Å². The highest BCUT2D eigenvalue weighted by atomic mass is 32.2. The summed E-state index contributed by atoms with van der Waals surface area (Å²) in [5.41, 5.74) is -0.577. The van der Waals surface area contributed by atoms with Crippen LogP contribution in [-0.2, 0) is 29.2 Å². The summed E-state index contributed by atoms with van der Waals surface area (Å²) in [5, 5.41) is -5.94. The van der Waals surface area contributed by atoms with Crippen LogP contribution in [0.15, 0.2) is 12.2 Å². The Labute approximate surface area is 185 Å². The molecule has 1 N–H and O–H groups in total. The number of nitrogens with zero attached hydrogens (tertiary/aromatic N) is 1. The first-order valence-corrected chi connectivity index (χ1v) is 10.7. The van der Waals surface area contributed by atoms with Crippen LogP contribution in [0.1, 0.15) is 40.5 Å². The van der Waals surface area contributed by atoms with Gasteiger partial charge in [0.05, 0.1) is 6.61 Å². The van der Waals surface area contributed by atoms with Crippen LogP contribution in [0.4, 0.5) is 30.7 Å². The molecule has 0 saturated carbocycles. The smallest absolute Gasteiger partial charge is 0.412 e. The second-order valence-corrected chi connectivity index (χ2v) is 8.58. The lowest BCUT2D eigenvalue weighted by Crippen LogP contribution is -2.63. The van der Waals surface area contributed by atoms with Gasteiger partial charge < -0.3 is 14.4 Å². The van der Waals surface area contributed by atoms with Crippen LogP contribution in [0.5, 0.6) is 0 Å². The lowest BCUT2D eigenvalue weighted by molar-refractivity contribution is -0.351. The first kappa shape index (κ1) is 31.1. The Hall–Kier alpha value is -1.94. The van der Waals surface area contributed by atoms with Gasteiger partial charge >= 0.3 is 45.1 Å². The quantitative estimate of drug-likeness (QED) is 0.105. The summed E-state index contributed by atoms with van der Waals surface area (Å²) in [5.74, 6) is -13.4. The van der Waals surface area contributed by atoms with E-state index in [0.29, 0.717) is 4.90 Å². The third kappa shape index (κ3) is 6.79. The summed E-state index contributed by atoms with van der Waals surface area (Å²) in [7, 11) is -6.56. The van der Waals surface area contributed by atoms with Crippen LogP contribution in [0.2, 0.25) is 0 Å². The second-order valence-electron chi connectivity index (χ2n) is 7.12. The van der Waals surface area contributed by atoms with Crippen molar-refractivity contribution in [3.05, 3.63) is 12.2 Å². The van der Waals surface area contributed by atoms with E-state index in [1.54, 1.807) is 0 Å². The molecule has 0 saturated heterocycles. The minimum absolute atomic E-state index is 0.318. The zero-order chi connectivity index (χ0) is 26.6. The van der Waals surface area contributed by atoms with Gasteiger partial charge in [-0.15, -0.1) is 0 Å². The maximum atomic E-state index is 14.0. The average Bonchev–Trinajstić information content (AvgIpc) is 2.61. The van der Waals surface area contributed by atoms with Crippen molar-refractivity contribution in [2.75, 3.05) is 13.2 Å². The van der Waals surface area contributed by atoms with Crippen LogP contribution in [0.25, 0.3) is 0 Å². The molecule has 1 atom stereocenters. The average molecular weight is 519 g/mol. The SMILES string of the molecule is C=C(C)C(=O)OC(OCCCC(F)(F)C(F)(F)S(=O)(=O)O)(C(=O)N(CC)C(C)C)C(F)(F)F. The van der Waals surface area contributed by atoms with Gasteiger partial charge in [0, 0.05) is 24.6 Å². The number of carbonyl (C=O) groups is 2. The fourth-order valence-corrected chi connectivity index (χ4v) is 2.87. The molecular weight excluding hydrogens is 495 g/mol. The highest BCUT2D eigenvalue weighted by Crippen LogP contribution is 2.42. The zero-order valence-corrected chi connectivity index (χ0v) is 18.8. The van der Waals surface area contributed by atoms with Gasteiger partial charge in [0.2, 0.25) is 0 Å². The number of alkyl halides is 7. The van der Waals surface area contributed by atoms with Gasteiger partial charge in [-0.1, -0.05) is 6.58 Å². The van der Waals surface area contributed by atoms with E-state index in [0.717, 1.165) is 6.92 Å². The van der Waals surface area contributed by atoms with Crippen molar-refractivity contribution < 1.29 is 62.8 Å². The lowest BCUT2D eigenvalue weighted by Gasteiger charge is -2.38. The van der Waals surface area contributed by atoms with Gasteiger partial charge in [-0.3, -0.25) is 9.35 Å². The molecule has 1 unspecified atom stereocenters. The highest BCUT2D eigenvalue weighted by Gasteiger charge is 2.68. The molecule has 0 aliphatic rings. The largest absolute Gasteiger partial charge is 0.466 e. The Bertz CT molecular complexity index is 843. The van der Waals surface area contributed by atoms with E-state index in [-0.39, 0.29) is 6.54 Å². The topological polar surface area (TPSA) is 110 Å². The van der Waals surface area contributed by atoms with E-state index in [2.05, 4.69) is 16.1 Å². The van der Waals surface area contributed by atoms with Crippen molar-refractivity contribution in [2.45, 2.75) is 69.7 Å². The van der Waals surface area contributed by atoms with E-state index in [4.69, 9.17) is 4.55 Å². The minimum atomic E-state index is -6.56. The summed E-state index contributed by atoms with van der Waals surface area (Å²) in [4.78, 5) is 25.2. The Morgan fingerprint density at radius 1 is 1.09 bits per heavy atom. The molecule has 0 aliphatic heterocycles. The Kier molecular flexibility index (Phi) is 9.93. The van der Waals surface area contributed by atoms with Gasteiger partial charge in [0.1, 0.15) is 0 Å². The molecule has 0 spiro atoms. The molecule has 1 amide bonds. The van der Waals surface area contributed by atoms with E-state index >= 15 is 0 Å². The first-order valence-electron chi connectivity index (χ1n) is 9.22. The molecule has 33 heavy (non-hydrogen) atoms. The third-order valence-electron chi connectivity index (χ3n) is 4.15. The number of carbonyl (C=O) groups excluding carboxylic acids is 2. The molecular formula is C17H24F7NO7S. The van der Waals surface area contributed by atoms with Crippen molar-refractivity contribution in [1.29, 1.82) is 0 Å². The molecule has 0 aromatic heterocycles. The summed E-state index contributed by atoms with van der Waals surface area (Å²) in [6.07, 6.45) is -9.18. The predicted molar refractivity (Wildman–Crippen MR) is 98.8 cm³/mol. The molecule has 0 aliphatic carbocycles. The standard InChI is InChI=1S/C17H24F7NO7S/c1-6-25(11(4)5)13(27)15(16(20,21)22,32-12(26)10(2)3)31-9-7-8-14(18,19)17(23,24)33(28,29)30/h11H,2,6-9H2,1,3-5H3,(H,28,29,30). The molecule has 0 bridgehead atoms. The minimum Gasteiger partial charge on any atom is -0.412 e. The van der Waals surface area contributed by atoms with Gasteiger partial charge in [-0.2, -0.15) is 39.2 Å². The molecule has 0 aromatic carbocycles. The van der Waals surface area contributed by atoms with Gasteiger partial charge in [-0.25, -0.2) is 4.79 Å². The molecule has 0 heterocycles. The number of rotatable bonds is 12. The molecule has 0 rings (SSSR count). The third-order valence-corrected chi connectivity index (χ3v) is 5.10. The molecule has 16 heteroatoms. The van der Waals surface area contributed by atoms with Crippen LogP contribution in [0.3, 0.4) is 0 Å². The van der Waals surface area contributed by atoms with Crippen molar-refractivity contribution in [3.8, 4) is 0 Å². The first-order chi connectivity index (χ1) is 14.6.